The summed E-state index contributed by atoms with van der Waals surface area (Å²) in [5.74, 6) is 1.32. The van der Waals surface area contributed by atoms with Crippen LogP contribution in [0.3, 0.4) is 0 Å². The Bertz CT molecular complexity index is 878. The summed E-state index contributed by atoms with van der Waals surface area (Å²) in [4.78, 5) is 6.67. The van der Waals surface area contributed by atoms with Crippen LogP contribution in [0.5, 0.6) is 0 Å². The molecule has 2 atom stereocenters. The van der Waals surface area contributed by atoms with E-state index in [9.17, 15) is 4.39 Å². The van der Waals surface area contributed by atoms with E-state index in [4.69, 9.17) is 4.52 Å². The number of aromatic nitrogens is 2. The number of halogens is 1. The van der Waals surface area contributed by atoms with Gasteiger partial charge in [-0.05, 0) is 61.1 Å². The topological polar surface area (TPSA) is 42.2 Å². The first-order chi connectivity index (χ1) is 13.7. The lowest BCUT2D eigenvalue weighted by molar-refractivity contribution is 0.138. The van der Waals surface area contributed by atoms with Gasteiger partial charge >= 0.3 is 0 Å². The zero-order valence-corrected chi connectivity index (χ0v) is 16.2. The van der Waals surface area contributed by atoms with Crippen LogP contribution in [0.15, 0.2) is 59.4 Å². The second-order valence-electron chi connectivity index (χ2n) is 7.78. The second kappa shape index (κ2) is 8.65. The van der Waals surface area contributed by atoms with E-state index in [1.165, 1.54) is 24.8 Å². The molecule has 146 valence electrons. The molecule has 4 nitrogen and oxygen atoms in total. The summed E-state index contributed by atoms with van der Waals surface area (Å²) in [7, 11) is 0. The van der Waals surface area contributed by atoms with Crippen LogP contribution in [0.25, 0.3) is 0 Å². The zero-order chi connectivity index (χ0) is 19.3. The van der Waals surface area contributed by atoms with Crippen molar-refractivity contribution in [2.24, 2.45) is 5.92 Å². The van der Waals surface area contributed by atoms with Crippen LogP contribution in [0.2, 0.25) is 0 Å². The highest BCUT2D eigenvalue weighted by Crippen LogP contribution is 2.34. The Hall–Kier alpha value is -2.53. The van der Waals surface area contributed by atoms with Gasteiger partial charge < -0.3 is 4.52 Å². The van der Waals surface area contributed by atoms with Gasteiger partial charge in [0, 0.05) is 44.0 Å². The third-order valence-electron chi connectivity index (χ3n) is 5.66. The van der Waals surface area contributed by atoms with Gasteiger partial charge in [0.1, 0.15) is 11.6 Å². The molecule has 28 heavy (non-hydrogen) atoms. The van der Waals surface area contributed by atoms with Gasteiger partial charge in [-0.1, -0.05) is 23.7 Å². The van der Waals surface area contributed by atoms with Crippen LogP contribution in [-0.2, 0) is 19.5 Å². The maximum Gasteiger partial charge on any atom is 0.137 e. The minimum atomic E-state index is -0.191. The van der Waals surface area contributed by atoms with Crippen molar-refractivity contribution in [3.05, 3.63) is 83.3 Å². The first-order valence-corrected chi connectivity index (χ1v) is 9.97. The largest absolute Gasteiger partial charge is 0.361 e. The maximum atomic E-state index is 13.3. The summed E-state index contributed by atoms with van der Waals surface area (Å²) >= 11 is 0. The number of aryl methyl sites for hydroxylation is 1. The van der Waals surface area contributed by atoms with Crippen LogP contribution >= 0.6 is 0 Å². The van der Waals surface area contributed by atoms with Crippen molar-refractivity contribution in [1.82, 2.24) is 15.0 Å². The molecule has 0 radical (unpaired) electrons. The molecule has 1 aliphatic rings. The van der Waals surface area contributed by atoms with Crippen molar-refractivity contribution in [3.8, 4) is 0 Å². The number of nitrogens with zero attached hydrogens (tertiary/aromatic N) is 3. The minimum absolute atomic E-state index is 0.191. The number of benzene rings is 1. The molecule has 2 aromatic heterocycles. The zero-order valence-electron chi connectivity index (χ0n) is 16.2. The standard InChI is InChI=1S/C23H26FN3O/c1-17-13-22(28-26-17)14-20-3-2-4-23(20)27(16-19-9-11-25-12-10-19)15-18-5-7-21(24)8-6-18/h5-13,20,23H,2-4,14-16H2,1H3/t20-,23+/m0/s1. The quantitative estimate of drug-likeness (QED) is 0.584. The predicted molar refractivity (Wildman–Crippen MR) is 106 cm³/mol. The average molecular weight is 379 g/mol. The van der Waals surface area contributed by atoms with Crippen LogP contribution in [0.4, 0.5) is 4.39 Å². The summed E-state index contributed by atoms with van der Waals surface area (Å²) in [6.45, 7) is 3.62. The highest BCUT2D eigenvalue weighted by Gasteiger charge is 2.33. The molecule has 2 heterocycles. The van der Waals surface area contributed by atoms with Gasteiger partial charge in [0.15, 0.2) is 0 Å². The molecule has 4 rings (SSSR count). The summed E-state index contributed by atoms with van der Waals surface area (Å²) in [6, 6.07) is 13.5. The van der Waals surface area contributed by atoms with E-state index < -0.39 is 0 Å². The molecule has 1 aliphatic carbocycles. The first kappa shape index (κ1) is 18.8. The molecule has 5 heteroatoms. The smallest absolute Gasteiger partial charge is 0.137 e. The molecule has 0 amide bonds. The van der Waals surface area contributed by atoms with E-state index in [0.717, 1.165) is 36.5 Å². The Labute approximate surface area is 165 Å². The van der Waals surface area contributed by atoms with Crippen LogP contribution in [-0.4, -0.2) is 21.1 Å². The monoisotopic (exact) mass is 379 g/mol. The Morgan fingerprint density at radius 1 is 1.04 bits per heavy atom. The van der Waals surface area contributed by atoms with Gasteiger partial charge in [-0.3, -0.25) is 9.88 Å². The third kappa shape index (κ3) is 4.65. The molecule has 1 fully saturated rings. The van der Waals surface area contributed by atoms with E-state index in [0.29, 0.717) is 12.0 Å². The molecule has 0 unspecified atom stereocenters. The molecule has 3 aromatic rings. The third-order valence-corrected chi connectivity index (χ3v) is 5.66. The molecule has 1 saturated carbocycles. The van der Waals surface area contributed by atoms with Crippen molar-refractivity contribution in [2.75, 3.05) is 0 Å². The second-order valence-corrected chi connectivity index (χ2v) is 7.78. The molecular weight excluding hydrogens is 353 g/mol. The fourth-order valence-corrected chi connectivity index (χ4v) is 4.34. The van der Waals surface area contributed by atoms with Crippen molar-refractivity contribution < 1.29 is 8.91 Å². The molecule has 0 saturated heterocycles. The van der Waals surface area contributed by atoms with Gasteiger partial charge in [-0.15, -0.1) is 0 Å². The summed E-state index contributed by atoms with van der Waals surface area (Å²) in [6.07, 6.45) is 8.19. The molecule has 0 N–H and O–H groups in total. The fraction of sp³-hybridized carbons (Fsp3) is 0.391. The van der Waals surface area contributed by atoms with Crippen LogP contribution < -0.4 is 0 Å². The van der Waals surface area contributed by atoms with Crippen molar-refractivity contribution in [3.63, 3.8) is 0 Å². The Morgan fingerprint density at radius 3 is 2.43 bits per heavy atom. The van der Waals surface area contributed by atoms with Gasteiger partial charge in [0.05, 0.1) is 5.69 Å². The summed E-state index contributed by atoms with van der Waals surface area (Å²) in [5.41, 5.74) is 3.32. The Morgan fingerprint density at radius 2 is 1.75 bits per heavy atom. The highest BCUT2D eigenvalue weighted by molar-refractivity contribution is 5.17. The molecule has 0 aliphatic heterocycles. The first-order valence-electron chi connectivity index (χ1n) is 9.97. The number of rotatable bonds is 7. The van der Waals surface area contributed by atoms with E-state index >= 15 is 0 Å². The molecular formula is C23H26FN3O. The van der Waals surface area contributed by atoms with Crippen molar-refractivity contribution >= 4 is 0 Å². The summed E-state index contributed by atoms with van der Waals surface area (Å²) < 4.78 is 18.8. The number of pyridine rings is 1. The van der Waals surface area contributed by atoms with Crippen molar-refractivity contribution in [2.45, 2.75) is 51.7 Å². The van der Waals surface area contributed by atoms with E-state index in [-0.39, 0.29) is 5.82 Å². The van der Waals surface area contributed by atoms with Gasteiger partial charge in [-0.25, -0.2) is 4.39 Å². The fourth-order valence-electron chi connectivity index (χ4n) is 4.34. The predicted octanol–water partition coefficient (Wildman–Crippen LogP) is 4.93. The lowest BCUT2D eigenvalue weighted by Crippen LogP contribution is -2.37. The van der Waals surface area contributed by atoms with Crippen LogP contribution in [0.1, 0.15) is 41.8 Å². The van der Waals surface area contributed by atoms with Crippen LogP contribution in [0, 0.1) is 18.7 Å². The SMILES string of the molecule is Cc1cc(C[C@@H]2CCC[C@H]2N(Cc2ccncc2)Cc2ccc(F)cc2)on1. The van der Waals surface area contributed by atoms with Crippen molar-refractivity contribution in [1.29, 1.82) is 0 Å². The lowest BCUT2D eigenvalue weighted by Gasteiger charge is -2.33. The lowest BCUT2D eigenvalue weighted by atomic mass is 9.95. The minimum Gasteiger partial charge on any atom is -0.361 e. The Balaban J connectivity index is 1.54. The average Bonchev–Trinajstić information content (AvgIpc) is 3.33. The number of hydrogen-bond acceptors (Lipinski definition) is 4. The van der Waals surface area contributed by atoms with E-state index in [1.807, 2.05) is 37.5 Å². The molecule has 1 aromatic carbocycles. The summed E-state index contributed by atoms with van der Waals surface area (Å²) in [5, 5.41) is 4.04. The molecule has 0 spiro atoms. The highest BCUT2D eigenvalue weighted by atomic mass is 19.1. The number of hydrogen-bond donors (Lipinski definition) is 0. The van der Waals surface area contributed by atoms with Gasteiger partial charge in [0.25, 0.3) is 0 Å². The Kier molecular flexibility index (Phi) is 5.81. The van der Waals surface area contributed by atoms with Gasteiger partial charge in [-0.2, -0.15) is 0 Å². The van der Waals surface area contributed by atoms with Gasteiger partial charge in [0.2, 0.25) is 0 Å². The van der Waals surface area contributed by atoms with E-state index in [2.05, 4.69) is 27.2 Å². The maximum absolute atomic E-state index is 13.3. The van der Waals surface area contributed by atoms with E-state index in [1.54, 1.807) is 12.1 Å². The normalized spacial score (nSPS) is 19.4. The molecule has 0 bridgehead atoms.